The van der Waals surface area contributed by atoms with Crippen molar-refractivity contribution in [2.45, 2.75) is 26.3 Å². The Morgan fingerprint density at radius 1 is 1.12 bits per heavy atom. The van der Waals surface area contributed by atoms with Gasteiger partial charge in [0.1, 0.15) is 0 Å². The lowest BCUT2D eigenvalue weighted by molar-refractivity contribution is -0.118. The van der Waals surface area contributed by atoms with Gasteiger partial charge in [-0.3, -0.25) is 14.6 Å². The van der Waals surface area contributed by atoms with Crippen molar-refractivity contribution >= 4 is 23.2 Å². The number of carbonyl (C=O) groups is 2. The summed E-state index contributed by atoms with van der Waals surface area (Å²) in [5.41, 5.74) is 7.62. The number of carbonyl (C=O) groups excluding carboxylic acids is 2. The molecule has 1 aromatic carbocycles. The summed E-state index contributed by atoms with van der Waals surface area (Å²) >= 11 is 0. The molecule has 0 aliphatic carbocycles. The lowest BCUT2D eigenvalue weighted by Crippen LogP contribution is -2.40. The van der Waals surface area contributed by atoms with E-state index in [2.05, 4.69) is 15.6 Å². The largest absolute Gasteiger partial charge is 0.325 e. The summed E-state index contributed by atoms with van der Waals surface area (Å²) in [6.45, 7) is 3.93. The van der Waals surface area contributed by atoms with Gasteiger partial charge in [-0.05, 0) is 42.3 Å². The molecule has 0 saturated heterocycles. The van der Waals surface area contributed by atoms with Crippen LogP contribution in [0.3, 0.4) is 0 Å². The molecule has 0 spiro atoms. The second-order valence-corrected chi connectivity index (χ2v) is 5.67. The van der Waals surface area contributed by atoms with E-state index in [0.717, 1.165) is 6.42 Å². The molecular weight excluding hydrogens is 304 g/mol. The third-order valence-electron chi connectivity index (χ3n) is 3.89. The van der Waals surface area contributed by atoms with Crippen LogP contribution in [0.15, 0.2) is 48.8 Å². The molecule has 0 aliphatic heterocycles. The van der Waals surface area contributed by atoms with E-state index in [4.69, 9.17) is 5.73 Å². The van der Waals surface area contributed by atoms with E-state index in [1.807, 2.05) is 13.8 Å². The molecule has 126 valence electrons. The number of pyridine rings is 1. The Bertz CT molecular complexity index is 686. The van der Waals surface area contributed by atoms with Gasteiger partial charge < -0.3 is 16.4 Å². The van der Waals surface area contributed by atoms with E-state index in [1.165, 1.54) is 0 Å². The van der Waals surface area contributed by atoms with E-state index in [1.54, 1.807) is 48.8 Å². The molecule has 24 heavy (non-hydrogen) atoms. The first-order chi connectivity index (χ1) is 11.5. The third-order valence-corrected chi connectivity index (χ3v) is 3.89. The topological polar surface area (TPSA) is 97.1 Å². The van der Waals surface area contributed by atoms with E-state index in [-0.39, 0.29) is 17.7 Å². The van der Waals surface area contributed by atoms with Crippen LogP contribution in [0.4, 0.5) is 11.4 Å². The number of benzene rings is 1. The summed E-state index contributed by atoms with van der Waals surface area (Å²) < 4.78 is 0. The van der Waals surface area contributed by atoms with Gasteiger partial charge in [0.15, 0.2) is 0 Å². The quantitative estimate of drug-likeness (QED) is 0.760. The van der Waals surface area contributed by atoms with Crippen LogP contribution < -0.4 is 16.4 Å². The van der Waals surface area contributed by atoms with Gasteiger partial charge in [-0.15, -0.1) is 0 Å². The minimum Gasteiger partial charge on any atom is -0.325 e. The van der Waals surface area contributed by atoms with Gasteiger partial charge in [-0.2, -0.15) is 0 Å². The Hall–Kier alpha value is -2.73. The average Bonchev–Trinajstić information content (AvgIpc) is 2.61. The molecule has 2 unspecified atom stereocenters. The maximum Gasteiger partial charge on any atom is 0.255 e. The van der Waals surface area contributed by atoms with Crippen molar-refractivity contribution in [1.29, 1.82) is 0 Å². The molecule has 2 aromatic rings. The molecule has 6 heteroatoms. The molecule has 0 aliphatic rings. The molecule has 6 nitrogen and oxygen atoms in total. The Morgan fingerprint density at radius 3 is 2.42 bits per heavy atom. The second kappa shape index (κ2) is 8.21. The highest BCUT2D eigenvalue weighted by atomic mass is 16.2. The molecule has 0 radical (unpaired) electrons. The van der Waals surface area contributed by atoms with E-state index in [0.29, 0.717) is 16.9 Å². The third kappa shape index (κ3) is 4.63. The molecule has 4 N–H and O–H groups in total. The normalized spacial score (nSPS) is 13.0. The number of amides is 2. The molecule has 1 aromatic heterocycles. The summed E-state index contributed by atoms with van der Waals surface area (Å²) in [6, 6.07) is 9.61. The first-order valence-electron chi connectivity index (χ1n) is 7.89. The van der Waals surface area contributed by atoms with Gasteiger partial charge >= 0.3 is 0 Å². The van der Waals surface area contributed by atoms with E-state index in [9.17, 15) is 9.59 Å². The van der Waals surface area contributed by atoms with Crippen molar-refractivity contribution in [2.24, 2.45) is 11.7 Å². The van der Waals surface area contributed by atoms with Crippen LogP contribution in [0.5, 0.6) is 0 Å². The number of nitrogens with zero attached hydrogens (tertiary/aromatic N) is 1. The highest BCUT2D eigenvalue weighted by Crippen LogP contribution is 2.14. The van der Waals surface area contributed by atoms with Crippen molar-refractivity contribution in [1.82, 2.24) is 4.98 Å². The van der Waals surface area contributed by atoms with Crippen molar-refractivity contribution < 1.29 is 9.59 Å². The summed E-state index contributed by atoms with van der Waals surface area (Å²) in [5, 5.41) is 5.52. The molecule has 2 atom stereocenters. The monoisotopic (exact) mass is 326 g/mol. The number of rotatable bonds is 6. The maximum absolute atomic E-state index is 12.1. The first kappa shape index (κ1) is 17.6. The number of aromatic nitrogens is 1. The molecule has 0 fully saturated rings. The molecule has 0 bridgehead atoms. The number of hydrogen-bond donors (Lipinski definition) is 3. The first-order valence-corrected chi connectivity index (χ1v) is 7.89. The van der Waals surface area contributed by atoms with Gasteiger partial charge in [0.25, 0.3) is 5.91 Å². The van der Waals surface area contributed by atoms with Crippen LogP contribution in [-0.2, 0) is 4.79 Å². The number of nitrogens with two attached hydrogens (primary N) is 1. The minimum atomic E-state index is -0.552. The SMILES string of the molecule is CCC(C)C(N)C(=O)Nc1ccc(C(=O)Nc2cccnc2)cc1. The molecule has 1 heterocycles. The molecule has 2 amide bonds. The summed E-state index contributed by atoms with van der Waals surface area (Å²) in [4.78, 5) is 28.1. The van der Waals surface area contributed by atoms with Crippen molar-refractivity contribution in [3.05, 3.63) is 54.4 Å². The number of nitrogens with one attached hydrogen (secondary N) is 2. The van der Waals surface area contributed by atoms with Crippen LogP contribution >= 0.6 is 0 Å². The van der Waals surface area contributed by atoms with Crippen molar-refractivity contribution in [2.75, 3.05) is 10.6 Å². The van der Waals surface area contributed by atoms with Gasteiger partial charge in [0.2, 0.25) is 5.91 Å². The average molecular weight is 326 g/mol. The molecular formula is C18H22N4O2. The second-order valence-electron chi connectivity index (χ2n) is 5.67. The summed E-state index contributed by atoms with van der Waals surface area (Å²) in [5.74, 6) is -0.358. The Labute approximate surface area is 141 Å². The van der Waals surface area contributed by atoms with E-state index >= 15 is 0 Å². The Balaban J connectivity index is 1.97. The van der Waals surface area contributed by atoms with E-state index < -0.39 is 6.04 Å². The van der Waals surface area contributed by atoms with Crippen LogP contribution in [0.25, 0.3) is 0 Å². The van der Waals surface area contributed by atoms with Crippen molar-refractivity contribution in [3.63, 3.8) is 0 Å². The predicted octanol–water partition coefficient (Wildman–Crippen LogP) is 2.65. The molecule has 0 saturated carbocycles. The highest BCUT2D eigenvalue weighted by Gasteiger charge is 2.19. The fourth-order valence-corrected chi connectivity index (χ4v) is 2.08. The molecule has 2 rings (SSSR count). The minimum absolute atomic E-state index is 0.106. The summed E-state index contributed by atoms with van der Waals surface area (Å²) in [6.07, 6.45) is 4.04. The zero-order chi connectivity index (χ0) is 17.5. The highest BCUT2D eigenvalue weighted by molar-refractivity contribution is 6.04. The smallest absolute Gasteiger partial charge is 0.255 e. The number of anilines is 2. The Kier molecular flexibility index (Phi) is 6.03. The van der Waals surface area contributed by atoms with Gasteiger partial charge in [-0.25, -0.2) is 0 Å². The zero-order valence-corrected chi connectivity index (χ0v) is 13.8. The van der Waals surface area contributed by atoms with Crippen LogP contribution in [0.2, 0.25) is 0 Å². The van der Waals surface area contributed by atoms with Gasteiger partial charge in [0.05, 0.1) is 17.9 Å². The number of hydrogen-bond acceptors (Lipinski definition) is 4. The fraction of sp³-hybridized carbons (Fsp3) is 0.278. The van der Waals surface area contributed by atoms with Gasteiger partial charge in [0, 0.05) is 17.4 Å². The van der Waals surface area contributed by atoms with Crippen LogP contribution in [-0.4, -0.2) is 22.8 Å². The fourth-order valence-electron chi connectivity index (χ4n) is 2.08. The predicted molar refractivity (Wildman–Crippen MR) is 94.7 cm³/mol. The lowest BCUT2D eigenvalue weighted by atomic mass is 9.99. The lowest BCUT2D eigenvalue weighted by Gasteiger charge is -2.17. The Morgan fingerprint density at radius 2 is 1.83 bits per heavy atom. The van der Waals surface area contributed by atoms with Crippen molar-refractivity contribution in [3.8, 4) is 0 Å². The standard InChI is InChI=1S/C18H22N4O2/c1-3-12(2)16(19)18(24)21-14-8-6-13(7-9-14)17(23)22-15-5-4-10-20-11-15/h4-12,16H,3,19H2,1-2H3,(H,21,24)(H,22,23). The van der Waals surface area contributed by atoms with Gasteiger partial charge in [-0.1, -0.05) is 20.3 Å². The van der Waals surface area contributed by atoms with Crippen LogP contribution in [0.1, 0.15) is 30.6 Å². The maximum atomic E-state index is 12.1. The zero-order valence-electron chi connectivity index (χ0n) is 13.8. The van der Waals surface area contributed by atoms with Crippen LogP contribution in [0, 0.1) is 5.92 Å². The summed E-state index contributed by atoms with van der Waals surface area (Å²) in [7, 11) is 0.